The van der Waals surface area contributed by atoms with Gasteiger partial charge in [0.2, 0.25) is 16.6 Å². The molecule has 7 rings (SSSR count). The summed E-state index contributed by atoms with van der Waals surface area (Å²) in [7, 11) is -3.63. The molecule has 0 radical (unpaired) electrons. The molecule has 0 spiro atoms. The summed E-state index contributed by atoms with van der Waals surface area (Å²) in [5.74, 6) is 3.35. The average molecular weight is 630 g/mol. The zero-order valence-corrected chi connectivity index (χ0v) is 26.6. The third-order valence-corrected chi connectivity index (χ3v) is 11.9. The summed E-state index contributed by atoms with van der Waals surface area (Å²) in [5.41, 5.74) is 3.17. The van der Waals surface area contributed by atoms with Crippen LogP contribution in [0.15, 0.2) is 76.5 Å². The van der Waals surface area contributed by atoms with E-state index in [-0.39, 0.29) is 17.6 Å². The third kappa shape index (κ3) is 7.21. The lowest BCUT2D eigenvalue weighted by molar-refractivity contribution is 0.0909. The fraction of sp³-hybridized carbons (Fsp3) is 0.472. The van der Waals surface area contributed by atoms with Crippen molar-refractivity contribution in [3.8, 4) is 11.5 Å². The summed E-state index contributed by atoms with van der Waals surface area (Å²) in [6, 6.07) is 20.2. The molecular weight excluding hydrogens is 586 g/mol. The smallest absolute Gasteiger partial charge is 0.251 e. The lowest BCUT2D eigenvalue weighted by Crippen LogP contribution is -2.40. The Morgan fingerprint density at radius 3 is 1.80 bits per heavy atom. The lowest BCUT2D eigenvalue weighted by atomic mass is 9.78. The molecule has 3 aliphatic heterocycles. The maximum absolute atomic E-state index is 13.2. The molecule has 8 nitrogen and oxygen atoms in total. The van der Waals surface area contributed by atoms with Crippen LogP contribution in [0.25, 0.3) is 0 Å². The number of rotatable bonds is 10. The van der Waals surface area contributed by atoms with Crippen LogP contribution >= 0.6 is 0 Å². The van der Waals surface area contributed by atoms with Crippen LogP contribution in [0.4, 0.5) is 0 Å². The quantitative estimate of drug-likeness (QED) is 0.316. The van der Waals surface area contributed by atoms with Crippen LogP contribution in [-0.4, -0.2) is 63.6 Å². The highest BCUT2D eigenvalue weighted by atomic mass is 32.2. The number of piperidine rings is 2. The van der Waals surface area contributed by atoms with Crippen LogP contribution in [-0.2, 0) is 22.9 Å². The van der Waals surface area contributed by atoms with Crippen LogP contribution < -0.4 is 14.8 Å². The van der Waals surface area contributed by atoms with Crippen molar-refractivity contribution >= 4 is 15.7 Å². The highest BCUT2D eigenvalue weighted by molar-refractivity contribution is 7.91. The minimum absolute atomic E-state index is 0.0440. The van der Waals surface area contributed by atoms with Crippen molar-refractivity contribution in [2.75, 3.05) is 39.5 Å². The molecule has 3 aromatic rings. The highest BCUT2D eigenvalue weighted by Crippen LogP contribution is 2.36. The third-order valence-electron chi connectivity index (χ3n) is 10.1. The molecule has 0 bridgehead atoms. The summed E-state index contributed by atoms with van der Waals surface area (Å²) < 4.78 is 37.0. The number of benzene rings is 3. The number of sulfone groups is 1. The first-order chi connectivity index (χ1) is 21.9. The van der Waals surface area contributed by atoms with Crippen molar-refractivity contribution in [2.24, 2.45) is 17.8 Å². The second kappa shape index (κ2) is 13.1. The number of hydrogen-bond acceptors (Lipinski definition) is 7. The Bertz CT molecular complexity index is 1590. The summed E-state index contributed by atoms with van der Waals surface area (Å²) in [5, 5.41) is 3.05. The Morgan fingerprint density at radius 1 is 0.689 bits per heavy atom. The number of likely N-dealkylation sites (tertiary alicyclic amines) is 2. The SMILES string of the molecule is O=C(NCC1CC1)c1ccc(CN2CCC(C3CCN(Cc4ccc(S(=O)(=O)c5ccc6c(c5)OCO6)cc4)CC3)CC2)cc1. The van der Waals surface area contributed by atoms with Crippen LogP contribution in [0.3, 0.4) is 0 Å². The van der Waals surface area contributed by atoms with Crippen molar-refractivity contribution in [1.29, 1.82) is 0 Å². The molecule has 0 atom stereocenters. The Hall–Kier alpha value is -3.40. The number of carbonyl (C=O) groups is 1. The second-order valence-corrected chi connectivity index (χ2v) is 15.2. The Balaban J connectivity index is 0.841. The van der Waals surface area contributed by atoms with E-state index >= 15 is 0 Å². The maximum atomic E-state index is 13.2. The minimum atomic E-state index is -3.63. The van der Waals surface area contributed by atoms with Crippen molar-refractivity contribution in [3.63, 3.8) is 0 Å². The fourth-order valence-corrected chi connectivity index (χ4v) is 8.33. The molecule has 9 heteroatoms. The first-order valence-corrected chi connectivity index (χ1v) is 17.9. The predicted octanol–water partition coefficient (Wildman–Crippen LogP) is 5.51. The van der Waals surface area contributed by atoms with Gasteiger partial charge in [-0.3, -0.25) is 14.6 Å². The molecule has 45 heavy (non-hydrogen) atoms. The van der Waals surface area contributed by atoms with E-state index in [9.17, 15) is 13.2 Å². The monoisotopic (exact) mass is 629 g/mol. The number of fused-ring (bicyclic) bond motifs is 1. The van der Waals surface area contributed by atoms with Crippen LogP contribution in [0.2, 0.25) is 0 Å². The molecule has 3 aromatic carbocycles. The van der Waals surface area contributed by atoms with Crippen molar-refractivity contribution in [1.82, 2.24) is 15.1 Å². The molecule has 0 unspecified atom stereocenters. The van der Waals surface area contributed by atoms with Crippen LogP contribution in [0.5, 0.6) is 11.5 Å². The van der Waals surface area contributed by atoms with Gasteiger partial charge < -0.3 is 14.8 Å². The lowest BCUT2D eigenvalue weighted by Gasteiger charge is -2.40. The molecule has 1 N–H and O–H groups in total. The zero-order chi connectivity index (χ0) is 30.8. The van der Waals surface area contributed by atoms with E-state index in [4.69, 9.17) is 9.47 Å². The number of amides is 1. The predicted molar refractivity (Wildman–Crippen MR) is 172 cm³/mol. The van der Waals surface area contributed by atoms with Gasteiger partial charge in [-0.25, -0.2) is 8.42 Å². The summed E-state index contributed by atoms with van der Waals surface area (Å²) in [6.45, 7) is 7.16. The Morgan fingerprint density at radius 2 is 1.22 bits per heavy atom. The van der Waals surface area contributed by atoms with E-state index in [1.165, 1.54) is 50.2 Å². The average Bonchev–Trinajstić information content (AvgIpc) is 3.79. The van der Waals surface area contributed by atoms with Gasteiger partial charge in [-0.15, -0.1) is 0 Å². The number of nitrogens with zero attached hydrogens (tertiary/aromatic N) is 2. The highest BCUT2D eigenvalue weighted by Gasteiger charge is 2.30. The maximum Gasteiger partial charge on any atom is 0.251 e. The molecule has 1 amide bonds. The first-order valence-electron chi connectivity index (χ1n) is 16.5. The van der Waals surface area contributed by atoms with Gasteiger partial charge in [0.25, 0.3) is 5.91 Å². The number of carbonyl (C=O) groups excluding carboxylic acids is 1. The molecule has 3 heterocycles. The number of ether oxygens (including phenoxy) is 2. The van der Waals surface area contributed by atoms with E-state index in [0.29, 0.717) is 22.3 Å². The summed E-state index contributed by atoms with van der Waals surface area (Å²) in [6.07, 6.45) is 7.45. The molecule has 238 valence electrons. The van der Waals surface area contributed by atoms with Gasteiger partial charge in [0.15, 0.2) is 11.5 Å². The fourth-order valence-electron chi connectivity index (χ4n) is 7.06. The van der Waals surface area contributed by atoms with Gasteiger partial charge in [-0.2, -0.15) is 0 Å². The molecule has 2 saturated heterocycles. The normalized spacial score (nSPS) is 19.9. The van der Waals surface area contributed by atoms with Gasteiger partial charge in [-0.1, -0.05) is 24.3 Å². The van der Waals surface area contributed by atoms with Gasteiger partial charge in [-0.05, 0) is 130 Å². The van der Waals surface area contributed by atoms with E-state index in [0.717, 1.165) is 68.8 Å². The van der Waals surface area contributed by atoms with Gasteiger partial charge in [0.1, 0.15) is 0 Å². The molecule has 1 saturated carbocycles. The molecule has 1 aliphatic carbocycles. The first kappa shape index (κ1) is 30.3. The van der Waals surface area contributed by atoms with Gasteiger partial charge in [0.05, 0.1) is 9.79 Å². The van der Waals surface area contributed by atoms with Crippen molar-refractivity contribution in [2.45, 2.75) is 61.4 Å². The van der Waals surface area contributed by atoms with Crippen LogP contribution in [0.1, 0.15) is 60.0 Å². The molecule has 4 aliphatic rings. The Kier molecular flexibility index (Phi) is 8.84. The van der Waals surface area contributed by atoms with E-state index < -0.39 is 9.84 Å². The number of hydrogen-bond donors (Lipinski definition) is 1. The standard InChI is InChI=1S/C36H43N3O5S/c40-36(37-22-26-1-2-26)31-7-3-27(4-8-31)23-38-17-13-29(14-18-38)30-15-19-39(20-16-30)24-28-5-9-32(10-6-28)45(41,42)33-11-12-34-35(21-33)44-25-43-34/h3-12,21,26,29-30H,1-2,13-20,22-25H2,(H,37,40). The zero-order valence-electron chi connectivity index (χ0n) is 25.8. The second-order valence-electron chi connectivity index (χ2n) is 13.2. The molecule has 3 fully saturated rings. The van der Waals surface area contributed by atoms with E-state index in [1.54, 1.807) is 24.3 Å². The topological polar surface area (TPSA) is 88.2 Å². The summed E-state index contributed by atoms with van der Waals surface area (Å²) >= 11 is 0. The van der Waals surface area contributed by atoms with Gasteiger partial charge in [0, 0.05) is 31.3 Å². The Labute approximate surface area is 266 Å². The van der Waals surface area contributed by atoms with Crippen LogP contribution in [0, 0.1) is 17.8 Å². The largest absolute Gasteiger partial charge is 0.454 e. The van der Waals surface area contributed by atoms with Crippen molar-refractivity contribution in [3.05, 3.63) is 83.4 Å². The minimum Gasteiger partial charge on any atom is -0.454 e. The van der Waals surface area contributed by atoms with Gasteiger partial charge >= 0.3 is 0 Å². The summed E-state index contributed by atoms with van der Waals surface area (Å²) in [4.78, 5) is 17.9. The van der Waals surface area contributed by atoms with Crippen molar-refractivity contribution < 1.29 is 22.7 Å². The molecule has 0 aromatic heterocycles. The van der Waals surface area contributed by atoms with E-state index in [2.05, 4.69) is 27.2 Å². The molecular formula is C36H43N3O5S. The van der Waals surface area contributed by atoms with E-state index in [1.807, 2.05) is 24.3 Å². The number of nitrogens with one attached hydrogen (secondary N) is 1.